The first kappa shape index (κ1) is 17.7. The molecule has 27 heavy (non-hydrogen) atoms. The van der Waals surface area contributed by atoms with Crippen molar-refractivity contribution in [1.29, 1.82) is 0 Å². The van der Waals surface area contributed by atoms with E-state index in [0.717, 1.165) is 11.1 Å². The van der Waals surface area contributed by atoms with E-state index in [4.69, 9.17) is 9.26 Å². The normalized spacial score (nSPS) is 41.2. The number of piperidine rings is 1. The first-order valence-corrected chi connectivity index (χ1v) is 10.6. The molecule has 2 bridgehead atoms. The summed E-state index contributed by atoms with van der Waals surface area (Å²) in [6.07, 6.45) is 3.90. The molecule has 8 nitrogen and oxygen atoms in total. The van der Waals surface area contributed by atoms with Crippen LogP contribution in [0.1, 0.15) is 17.5 Å². The average Bonchev–Trinajstić information content (AvgIpc) is 2.96. The molecule has 2 aliphatic heterocycles. The van der Waals surface area contributed by atoms with Crippen LogP contribution in [0.3, 0.4) is 0 Å². The van der Waals surface area contributed by atoms with Crippen molar-refractivity contribution in [2.45, 2.75) is 36.5 Å². The molecule has 4 aliphatic rings. The number of likely N-dealkylation sites (tertiary alicyclic amines) is 1. The van der Waals surface area contributed by atoms with E-state index < -0.39 is 25.4 Å². The number of ether oxygens (including phenoxy) is 1. The van der Waals surface area contributed by atoms with Crippen molar-refractivity contribution in [3.05, 3.63) is 35.4 Å². The summed E-state index contributed by atoms with van der Waals surface area (Å²) in [6.45, 7) is 0.555. The quantitative estimate of drug-likeness (QED) is 0.339. The largest absolute Gasteiger partial charge is 0.504 e. The van der Waals surface area contributed by atoms with Crippen molar-refractivity contribution in [2.75, 3.05) is 20.3 Å². The molecule has 1 fully saturated rings. The van der Waals surface area contributed by atoms with E-state index in [-0.39, 0.29) is 24.4 Å². The first-order chi connectivity index (χ1) is 12.7. The van der Waals surface area contributed by atoms with E-state index in [1.54, 1.807) is 12.1 Å². The fourth-order valence-corrected chi connectivity index (χ4v) is 6.28. The predicted molar refractivity (Wildman–Crippen MR) is 94.0 cm³/mol. The number of aliphatic hydroxyl groups is 1. The number of aliphatic hydroxyl groups excluding tert-OH is 1. The number of quaternary nitrogens is 1. The summed E-state index contributed by atoms with van der Waals surface area (Å²) in [4.78, 5) is 18.4. The summed E-state index contributed by atoms with van der Waals surface area (Å²) in [5.41, 5.74) is 1.63. The third-order valence-electron chi connectivity index (χ3n) is 7.06. The topological polar surface area (TPSA) is 116 Å². The zero-order valence-electron chi connectivity index (χ0n) is 14.9. The number of phosphoric acid groups is 1. The zero-order valence-corrected chi connectivity index (χ0v) is 15.7. The van der Waals surface area contributed by atoms with Crippen LogP contribution in [0.25, 0.3) is 0 Å². The molecule has 1 spiro atoms. The molecule has 5 rings (SSSR count). The van der Waals surface area contributed by atoms with Gasteiger partial charge in [-0.3, -0.25) is 4.48 Å². The standard InChI is InChI=1S/C18H22NO7P/c1-19(9-25-27(22,23)24)7-6-18-11-3-5-14(21)17(18)26-16-13(20)4-2-10(15(16)18)8-12(11)19/h2-5,11-12,14,17,21H,6-9H2,1H3,(H2-,20,22,23,24)/p+1/t11-,12+,14-,17-,18-,19?/m0/s1. The molecule has 1 unspecified atom stereocenters. The number of nitrogens with zero attached hydrogens (tertiary/aromatic N) is 1. The highest BCUT2D eigenvalue weighted by molar-refractivity contribution is 7.46. The number of hydrogen-bond donors (Lipinski definition) is 4. The number of phenolic OH excluding ortho intramolecular Hbond substituents is 1. The van der Waals surface area contributed by atoms with Gasteiger partial charge < -0.3 is 24.7 Å². The van der Waals surface area contributed by atoms with E-state index in [1.807, 2.05) is 19.2 Å². The molecule has 146 valence electrons. The third kappa shape index (κ3) is 2.26. The molecule has 6 atom stereocenters. The highest BCUT2D eigenvalue weighted by Gasteiger charge is 2.68. The Balaban J connectivity index is 1.65. The lowest BCUT2D eigenvalue weighted by atomic mass is 9.53. The van der Waals surface area contributed by atoms with Crippen molar-refractivity contribution in [1.82, 2.24) is 0 Å². The van der Waals surface area contributed by atoms with E-state index in [0.29, 0.717) is 29.6 Å². The second-order valence-electron chi connectivity index (χ2n) is 8.40. The van der Waals surface area contributed by atoms with Crippen molar-refractivity contribution >= 4 is 7.82 Å². The number of likely N-dealkylation sites (N-methyl/N-ethyl adjacent to an activating group) is 1. The van der Waals surface area contributed by atoms with E-state index in [9.17, 15) is 24.6 Å². The second kappa shape index (κ2) is 5.35. The molecule has 1 aromatic carbocycles. The number of phenols is 1. The Morgan fingerprint density at radius 3 is 2.89 bits per heavy atom. The summed E-state index contributed by atoms with van der Waals surface area (Å²) in [5, 5.41) is 20.9. The summed E-state index contributed by atoms with van der Waals surface area (Å²) in [7, 11) is -2.60. The van der Waals surface area contributed by atoms with Crippen LogP contribution in [0.15, 0.2) is 24.3 Å². The summed E-state index contributed by atoms with van der Waals surface area (Å²) in [5.74, 6) is 0.599. The number of aromatic hydroxyl groups is 1. The average molecular weight is 396 g/mol. The molecule has 1 aromatic rings. The van der Waals surface area contributed by atoms with Gasteiger partial charge in [-0.2, -0.15) is 0 Å². The molecule has 0 saturated carbocycles. The van der Waals surface area contributed by atoms with E-state index in [2.05, 4.69) is 0 Å². The number of benzene rings is 1. The molecule has 2 aliphatic carbocycles. The third-order valence-corrected chi connectivity index (χ3v) is 7.52. The van der Waals surface area contributed by atoms with Crippen LogP contribution < -0.4 is 4.74 Å². The maximum absolute atomic E-state index is 11.3. The SMILES string of the molecule is C[N+]1(COP(=O)(O)O)CC[C@]23c4c5ccc(O)c4O[C@H]2[C@@H](O)C=C[C@H]3[C@H]1C5. The number of phosphoric ester groups is 1. The Morgan fingerprint density at radius 1 is 1.37 bits per heavy atom. The second-order valence-corrected chi connectivity index (χ2v) is 9.64. The lowest BCUT2D eigenvalue weighted by Gasteiger charge is -2.59. The van der Waals surface area contributed by atoms with Crippen molar-refractivity contribution in [3.8, 4) is 11.5 Å². The molecule has 0 aromatic heterocycles. The van der Waals surface area contributed by atoms with Gasteiger partial charge in [-0.15, -0.1) is 0 Å². The molecule has 9 heteroatoms. The highest BCUT2D eigenvalue weighted by Crippen LogP contribution is 2.63. The van der Waals surface area contributed by atoms with Gasteiger partial charge in [-0.05, 0) is 11.6 Å². The number of rotatable bonds is 3. The minimum absolute atomic E-state index is 0.0283. The maximum atomic E-state index is 11.3. The van der Waals surface area contributed by atoms with Gasteiger partial charge in [0.15, 0.2) is 18.2 Å². The van der Waals surface area contributed by atoms with Gasteiger partial charge >= 0.3 is 7.82 Å². The maximum Gasteiger partial charge on any atom is 0.474 e. The monoisotopic (exact) mass is 396 g/mol. The summed E-state index contributed by atoms with van der Waals surface area (Å²) in [6, 6.07) is 3.55. The molecule has 2 heterocycles. The van der Waals surface area contributed by atoms with Crippen LogP contribution in [0, 0.1) is 5.92 Å². The summed E-state index contributed by atoms with van der Waals surface area (Å²) < 4.78 is 22.6. The van der Waals surface area contributed by atoms with Gasteiger partial charge in [0.25, 0.3) is 0 Å². The van der Waals surface area contributed by atoms with Crippen molar-refractivity contribution in [2.24, 2.45) is 5.92 Å². The molecule has 0 amide bonds. The lowest BCUT2D eigenvalue weighted by molar-refractivity contribution is -0.957. The van der Waals surface area contributed by atoms with Crippen LogP contribution >= 0.6 is 7.82 Å². The minimum Gasteiger partial charge on any atom is -0.504 e. The Bertz CT molecular complexity index is 898. The number of hydrogen-bond acceptors (Lipinski definition) is 5. The van der Waals surface area contributed by atoms with Gasteiger partial charge in [0.05, 0.1) is 19.0 Å². The van der Waals surface area contributed by atoms with Crippen molar-refractivity contribution in [3.63, 3.8) is 0 Å². The van der Waals surface area contributed by atoms with Crippen molar-refractivity contribution < 1.29 is 38.3 Å². The Hall–Kier alpha value is -1.41. The Morgan fingerprint density at radius 2 is 2.15 bits per heavy atom. The zero-order chi connectivity index (χ0) is 19.2. The fraction of sp³-hybridized carbons (Fsp3) is 0.556. The molecular formula is C18H23NO7P+. The van der Waals surface area contributed by atoms with Gasteiger partial charge in [0.2, 0.25) is 0 Å². The highest BCUT2D eigenvalue weighted by atomic mass is 31.2. The van der Waals surface area contributed by atoms with Crippen LogP contribution in [0.2, 0.25) is 0 Å². The van der Waals surface area contributed by atoms with Gasteiger partial charge in [0.1, 0.15) is 18.2 Å². The van der Waals surface area contributed by atoms with E-state index >= 15 is 0 Å². The van der Waals surface area contributed by atoms with E-state index in [1.165, 1.54) is 0 Å². The molecule has 0 radical (unpaired) electrons. The fourth-order valence-electron chi connectivity index (χ4n) is 5.86. The molecular weight excluding hydrogens is 373 g/mol. The predicted octanol–water partition coefficient (Wildman–Crippen LogP) is 0.780. The molecule has 4 N–H and O–H groups in total. The van der Waals surface area contributed by atoms with Crippen LogP contribution in [0.5, 0.6) is 11.5 Å². The van der Waals surface area contributed by atoms with Gasteiger partial charge in [-0.25, -0.2) is 9.09 Å². The Labute approximate surface area is 156 Å². The van der Waals surface area contributed by atoms with Gasteiger partial charge in [-0.1, -0.05) is 18.2 Å². The van der Waals surface area contributed by atoms with Gasteiger partial charge in [0, 0.05) is 24.3 Å². The summed E-state index contributed by atoms with van der Waals surface area (Å²) >= 11 is 0. The van der Waals surface area contributed by atoms with Crippen LogP contribution in [-0.2, 0) is 20.9 Å². The smallest absolute Gasteiger partial charge is 0.474 e. The van der Waals surface area contributed by atoms with Crippen LogP contribution in [0.4, 0.5) is 0 Å². The Kier molecular flexibility index (Phi) is 3.50. The first-order valence-electron chi connectivity index (χ1n) is 9.08. The van der Waals surface area contributed by atoms with Crippen LogP contribution in [-0.4, -0.2) is 63.1 Å². The minimum atomic E-state index is -4.56. The lowest BCUT2D eigenvalue weighted by Crippen LogP contribution is -2.71. The molecule has 1 saturated heterocycles.